The van der Waals surface area contributed by atoms with Crippen LogP contribution in [-0.4, -0.2) is 0 Å². The third-order valence-electron chi connectivity index (χ3n) is 3.95. The fraction of sp³-hybridized carbons (Fsp3) is 0.350. The van der Waals surface area contributed by atoms with Crippen LogP contribution in [0.15, 0.2) is 60.7 Å². The molecule has 0 aromatic heterocycles. The third kappa shape index (κ3) is 5.21. The monoisotopic (exact) mass is 265 g/mol. The Morgan fingerprint density at radius 1 is 0.800 bits per heavy atom. The quantitative estimate of drug-likeness (QED) is 0.554. The molecule has 2 aromatic rings. The predicted octanol–water partition coefficient (Wildman–Crippen LogP) is 5.48. The first-order valence-corrected chi connectivity index (χ1v) is 7.76. The van der Waals surface area contributed by atoms with Gasteiger partial charge in [-0.3, -0.25) is 0 Å². The van der Waals surface area contributed by atoms with Gasteiger partial charge >= 0.3 is 0 Å². The van der Waals surface area contributed by atoms with E-state index in [-0.39, 0.29) is 0 Å². The summed E-state index contributed by atoms with van der Waals surface area (Å²) in [4.78, 5) is 0. The van der Waals surface area contributed by atoms with Gasteiger partial charge in [-0.05, 0) is 49.1 Å². The Hall–Kier alpha value is -1.56. The van der Waals surface area contributed by atoms with E-state index in [0.29, 0.717) is 5.92 Å². The maximum atomic E-state index is 2.37. The number of unbranched alkanes of at least 4 members (excludes halogenated alkanes) is 1. The predicted molar refractivity (Wildman–Crippen MR) is 87.6 cm³/mol. The van der Waals surface area contributed by atoms with Gasteiger partial charge in [-0.25, -0.2) is 0 Å². The molecule has 0 saturated carbocycles. The van der Waals surface area contributed by atoms with E-state index < -0.39 is 0 Å². The maximum absolute atomic E-state index is 2.37. The minimum atomic E-state index is 0.716. The van der Waals surface area contributed by atoms with Crippen LogP contribution in [0.25, 0.3) is 0 Å². The molecule has 0 spiro atoms. The van der Waals surface area contributed by atoms with E-state index in [9.17, 15) is 0 Å². The van der Waals surface area contributed by atoms with E-state index >= 15 is 0 Å². The summed E-state index contributed by atoms with van der Waals surface area (Å²) in [7, 11) is 0. The van der Waals surface area contributed by atoms with E-state index in [0.717, 1.165) is 0 Å². The number of rotatable bonds is 8. The molecule has 0 aliphatic carbocycles. The van der Waals surface area contributed by atoms with E-state index in [1.54, 1.807) is 0 Å². The molecule has 0 aliphatic rings. The van der Waals surface area contributed by atoms with E-state index in [2.05, 4.69) is 74.0 Å². The molecule has 0 fully saturated rings. The summed E-state index contributed by atoms with van der Waals surface area (Å²) in [6.07, 6.45) is 8.68. The van der Waals surface area contributed by atoms with Crippen molar-refractivity contribution in [1.29, 1.82) is 0 Å². The van der Waals surface area contributed by atoms with Gasteiger partial charge in [0.1, 0.15) is 0 Å². The van der Waals surface area contributed by atoms with Crippen molar-refractivity contribution in [2.75, 3.05) is 0 Å². The normalized spacial score (nSPS) is 12.2. The topological polar surface area (TPSA) is 0 Å². The third-order valence-corrected chi connectivity index (χ3v) is 3.95. The summed E-state index contributed by atoms with van der Waals surface area (Å²) in [5.41, 5.74) is 2.92. The van der Waals surface area contributed by atoms with Crippen LogP contribution in [-0.2, 0) is 12.8 Å². The van der Waals surface area contributed by atoms with Crippen molar-refractivity contribution < 1.29 is 0 Å². The van der Waals surface area contributed by atoms with Crippen molar-refractivity contribution in [2.45, 2.75) is 39.0 Å². The molecule has 0 heteroatoms. The van der Waals surface area contributed by atoms with Crippen LogP contribution in [0.4, 0.5) is 0 Å². The minimum Gasteiger partial charge on any atom is -0.0622 e. The first kappa shape index (κ1) is 14.8. The molecular formula is C20H25. The number of benzene rings is 2. The molecule has 0 aliphatic heterocycles. The zero-order valence-electron chi connectivity index (χ0n) is 12.5. The molecule has 0 nitrogen and oxygen atoms in total. The van der Waals surface area contributed by atoms with Gasteiger partial charge in [0.2, 0.25) is 0 Å². The lowest BCUT2D eigenvalue weighted by atomic mass is 9.91. The molecule has 105 valence electrons. The summed E-state index contributed by atoms with van der Waals surface area (Å²) in [5, 5.41) is 0. The molecule has 0 saturated heterocycles. The van der Waals surface area contributed by atoms with Gasteiger partial charge in [-0.1, -0.05) is 74.0 Å². The lowest BCUT2D eigenvalue weighted by molar-refractivity contribution is 0.512. The fourth-order valence-corrected chi connectivity index (χ4v) is 2.68. The molecule has 1 radical (unpaired) electrons. The van der Waals surface area contributed by atoms with Crippen molar-refractivity contribution in [1.82, 2.24) is 0 Å². The molecule has 0 N–H and O–H groups in total. The zero-order chi connectivity index (χ0) is 14.0. The van der Waals surface area contributed by atoms with Crippen LogP contribution in [0.5, 0.6) is 0 Å². The van der Waals surface area contributed by atoms with Crippen LogP contribution in [0, 0.1) is 12.3 Å². The van der Waals surface area contributed by atoms with Crippen LogP contribution in [0.3, 0.4) is 0 Å². The molecule has 1 atom stereocenters. The molecule has 2 rings (SSSR count). The Balaban J connectivity index is 1.69. The number of hydrogen-bond donors (Lipinski definition) is 0. The Bertz CT molecular complexity index is 458. The Labute approximate surface area is 123 Å². The second-order valence-corrected chi connectivity index (χ2v) is 5.51. The summed E-state index contributed by atoms with van der Waals surface area (Å²) < 4.78 is 0. The van der Waals surface area contributed by atoms with Crippen LogP contribution < -0.4 is 0 Å². The highest BCUT2D eigenvalue weighted by Gasteiger charge is 2.07. The first-order valence-electron chi connectivity index (χ1n) is 7.76. The van der Waals surface area contributed by atoms with Gasteiger partial charge in [0.25, 0.3) is 0 Å². The van der Waals surface area contributed by atoms with Crippen molar-refractivity contribution in [2.24, 2.45) is 5.92 Å². The maximum Gasteiger partial charge on any atom is -0.0248 e. The van der Waals surface area contributed by atoms with Gasteiger partial charge in [0, 0.05) is 0 Å². The van der Waals surface area contributed by atoms with Crippen molar-refractivity contribution in [3.8, 4) is 0 Å². The minimum absolute atomic E-state index is 0.716. The van der Waals surface area contributed by atoms with Gasteiger partial charge < -0.3 is 0 Å². The molecular weight excluding hydrogens is 240 g/mol. The SMILES string of the molecule is C[CH]C(CCCCc1ccccc1)Cc1ccccc1. The standard InChI is InChI=1S/C20H25/c1-2-18(17-20-15-7-4-8-16-20)11-9-10-14-19-12-5-3-6-13-19/h2-8,12-13,15-16,18H,9-11,14,17H2,1H3. The smallest absolute Gasteiger partial charge is 0.0248 e. The molecule has 0 amide bonds. The fourth-order valence-electron chi connectivity index (χ4n) is 2.68. The second-order valence-electron chi connectivity index (χ2n) is 5.51. The molecule has 20 heavy (non-hydrogen) atoms. The number of aryl methyl sites for hydroxylation is 1. The van der Waals surface area contributed by atoms with Gasteiger partial charge in [0.15, 0.2) is 0 Å². The molecule has 0 heterocycles. The number of hydrogen-bond acceptors (Lipinski definition) is 0. The summed E-state index contributed by atoms with van der Waals surface area (Å²) >= 11 is 0. The van der Waals surface area contributed by atoms with Gasteiger partial charge in [-0.15, -0.1) is 0 Å². The van der Waals surface area contributed by atoms with Crippen molar-refractivity contribution >= 4 is 0 Å². The summed E-state index contributed by atoms with van der Waals surface area (Å²) in [6.45, 7) is 2.20. The average Bonchev–Trinajstić information content (AvgIpc) is 2.52. The van der Waals surface area contributed by atoms with Crippen LogP contribution in [0.1, 0.15) is 37.3 Å². The van der Waals surface area contributed by atoms with Crippen molar-refractivity contribution in [3.63, 3.8) is 0 Å². The van der Waals surface area contributed by atoms with E-state index in [1.807, 2.05) is 0 Å². The lowest BCUT2D eigenvalue weighted by Crippen LogP contribution is -2.04. The molecule has 0 bridgehead atoms. The van der Waals surface area contributed by atoms with Crippen molar-refractivity contribution in [3.05, 3.63) is 78.2 Å². The van der Waals surface area contributed by atoms with E-state index in [1.165, 1.54) is 43.2 Å². The zero-order valence-corrected chi connectivity index (χ0v) is 12.5. The molecule has 1 unspecified atom stereocenters. The largest absolute Gasteiger partial charge is 0.0622 e. The van der Waals surface area contributed by atoms with Gasteiger partial charge in [0.05, 0.1) is 0 Å². The second kappa shape index (κ2) is 8.58. The first-order chi connectivity index (χ1) is 9.88. The average molecular weight is 265 g/mol. The van der Waals surface area contributed by atoms with Crippen LogP contribution in [0.2, 0.25) is 0 Å². The highest BCUT2D eigenvalue weighted by atomic mass is 14.1. The summed E-state index contributed by atoms with van der Waals surface area (Å²) in [5.74, 6) is 0.716. The van der Waals surface area contributed by atoms with Crippen LogP contribution >= 0.6 is 0 Å². The highest BCUT2D eigenvalue weighted by molar-refractivity contribution is 5.16. The Morgan fingerprint density at radius 2 is 1.40 bits per heavy atom. The Kier molecular flexibility index (Phi) is 6.37. The summed E-state index contributed by atoms with van der Waals surface area (Å²) in [6, 6.07) is 21.6. The molecule has 2 aromatic carbocycles. The van der Waals surface area contributed by atoms with Gasteiger partial charge in [-0.2, -0.15) is 0 Å². The highest BCUT2D eigenvalue weighted by Crippen LogP contribution is 2.18. The lowest BCUT2D eigenvalue weighted by Gasteiger charge is -2.14. The van der Waals surface area contributed by atoms with E-state index in [4.69, 9.17) is 0 Å². The Morgan fingerprint density at radius 3 is 2.00 bits per heavy atom.